The Morgan fingerprint density at radius 2 is 2.33 bits per heavy atom. The molecule has 0 saturated heterocycles. The van der Waals surface area contributed by atoms with Gasteiger partial charge in [0.05, 0.1) is 18.8 Å². The summed E-state index contributed by atoms with van der Waals surface area (Å²) in [5, 5.41) is 2.78. The monoisotopic (exact) mass is 332 g/mol. The number of nitrogens with two attached hydrogens (primary N) is 1. The van der Waals surface area contributed by atoms with E-state index in [1.54, 1.807) is 31.0 Å². The summed E-state index contributed by atoms with van der Waals surface area (Å²) in [5.41, 5.74) is 6.42. The lowest BCUT2D eigenvalue weighted by Crippen LogP contribution is -2.36. The summed E-state index contributed by atoms with van der Waals surface area (Å²) in [4.78, 5) is 11.9. The van der Waals surface area contributed by atoms with Gasteiger partial charge in [-0.15, -0.1) is 0 Å². The molecule has 0 bridgehead atoms. The molecule has 4 nitrogen and oxygen atoms in total. The van der Waals surface area contributed by atoms with Crippen molar-refractivity contribution in [1.29, 1.82) is 0 Å². The molecule has 0 saturated carbocycles. The van der Waals surface area contributed by atoms with Gasteiger partial charge in [-0.3, -0.25) is 4.79 Å². The Balaban J connectivity index is 2.71. The molecule has 1 aromatic rings. The normalized spacial score (nSPS) is 12.0. The number of carbonyl (C=O) groups excluding carboxylic acids is 1. The molecule has 1 amide bonds. The summed E-state index contributed by atoms with van der Waals surface area (Å²) in [7, 11) is 1.56. The van der Waals surface area contributed by atoms with Crippen LogP contribution in [0.5, 0.6) is 5.75 Å². The van der Waals surface area contributed by atoms with Crippen molar-refractivity contribution in [1.82, 2.24) is 0 Å². The second-order valence-electron chi connectivity index (χ2n) is 3.72. The molecular formula is C12H17BrN2O2S. The summed E-state index contributed by atoms with van der Waals surface area (Å²) in [6.07, 6.45) is 2.64. The molecule has 0 heterocycles. The van der Waals surface area contributed by atoms with Crippen LogP contribution in [0.4, 0.5) is 5.69 Å². The SMILES string of the molecule is COc1ccc(Br)cc1NC(=O)[C@@H](N)CCSC. The molecule has 0 aliphatic heterocycles. The molecule has 1 rings (SSSR count). The lowest BCUT2D eigenvalue weighted by atomic mass is 10.2. The standard InChI is InChI=1S/C12H17BrN2O2S/c1-17-11-4-3-8(13)7-10(11)15-12(16)9(14)5-6-18-2/h3-4,7,9H,5-6,14H2,1-2H3,(H,15,16)/t9-/m0/s1. The van der Waals surface area contributed by atoms with Gasteiger partial charge in [0.15, 0.2) is 0 Å². The minimum absolute atomic E-state index is 0.194. The highest BCUT2D eigenvalue weighted by Gasteiger charge is 2.15. The largest absolute Gasteiger partial charge is 0.495 e. The topological polar surface area (TPSA) is 64.3 Å². The van der Waals surface area contributed by atoms with Crippen molar-refractivity contribution in [2.24, 2.45) is 5.73 Å². The van der Waals surface area contributed by atoms with E-state index >= 15 is 0 Å². The average molecular weight is 333 g/mol. The van der Waals surface area contributed by atoms with Crippen molar-refractivity contribution < 1.29 is 9.53 Å². The van der Waals surface area contributed by atoms with Gasteiger partial charge in [-0.1, -0.05) is 15.9 Å². The van der Waals surface area contributed by atoms with E-state index in [1.165, 1.54) is 0 Å². The van der Waals surface area contributed by atoms with Crippen LogP contribution in [-0.2, 0) is 4.79 Å². The van der Waals surface area contributed by atoms with Gasteiger partial charge in [0, 0.05) is 4.47 Å². The van der Waals surface area contributed by atoms with Crippen LogP contribution in [0.3, 0.4) is 0 Å². The molecule has 100 valence electrons. The second kappa shape index (κ2) is 7.66. The van der Waals surface area contributed by atoms with Crippen LogP contribution in [0.15, 0.2) is 22.7 Å². The molecule has 18 heavy (non-hydrogen) atoms. The highest BCUT2D eigenvalue weighted by molar-refractivity contribution is 9.10. The van der Waals surface area contributed by atoms with Crippen molar-refractivity contribution in [3.63, 3.8) is 0 Å². The zero-order valence-electron chi connectivity index (χ0n) is 10.4. The van der Waals surface area contributed by atoms with Crippen LogP contribution in [0, 0.1) is 0 Å². The van der Waals surface area contributed by atoms with E-state index in [2.05, 4.69) is 21.2 Å². The molecule has 1 aromatic carbocycles. The van der Waals surface area contributed by atoms with E-state index in [1.807, 2.05) is 12.3 Å². The van der Waals surface area contributed by atoms with Gasteiger partial charge >= 0.3 is 0 Å². The third-order valence-electron chi connectivity index (χ3n) is 2.39. The van der Waals surface area contributed by atoms with E-state index < -0.39 is 6.04 Å². The number of halogens is 1. The Hall–Kier alpha value is -0.720. The molecule has 0 aromatic heterocycles. The van der Waals surface area contributed by atoms with Crippen LogP contribution in [-0.4, -0.2) is 31.1 Å². The maximum absolute atomic E-state index is 11.9. The minimum Gasteiger partial charge on any atom is -0.495 e. The average Bonchev–Trinajstić information content (AvgIpc) is 2.36. The summed E-state index contributed by atoms with van der Waals surface area (Å²) in [5.74, 6) is 1.29. The molecule has 0 spiro atoms. The van der Waals surface area contributed by atoms with Gasteiger partial charge in [0.2, 0.25) is 5.91 Å². The Morgan fingerprint density at radius 3 is 2.94 bits per heavy atom. The number of carbonyl (C=O) groups is 1. The highest BCUT2D eigenvalue weighted by Crippen LogP contribution is 2.27. The first-order chi connectivity index (χ1) is 8.58. The molecule has 0 aliphatic carbocycles. The van der Waals surface area contributed by atoms with Crippen molar-refractivity contribution in [3.05, 3.63) is 22.7 Å². The molecule has 0 fully saturated rings. The van der Waals surface area contributed by atoms with Crippen molar-refractivity contribution in [3.8, 4) is 5.75 Å². The molecular weight excluding hydrogens is 316 g/mol. The molecule has 0 unspecified atom stereocenters. The third-order valence-corrected chi connectivity index (χ3v) is 3.53. The number of amides is 1. The van der Waals surface area contributed by atoms with Crippen molar-refractivity contribution in [2.75, 3.05) is 24.4 Å². The van der Waals surface area contributed by atoms with Crippen LogP contribution in [0.2, 0.25) is 0 Å². The van der Waals surface area contributed by atoms with Gasteiger partial charge in [-0.05, 0) is 36.6 Å². The van der Waals surface area contributed by atoms with Crippen molar-refractivity contribution in [2.45, 2.75) is 12.5 Å². The fraction of sp³-hybridized carbons (Fsp3) is 0.417. The molecule has 6 heteroatoms. The van der Waals surface area contributed by atoms with Crippen molar-refractivity contribution >= 4 is 39.3 Å². The summed E-state index contributed by atoms with van der Waals surface area (Å²) >= 11 is 5.02. The Bertz CT molecular complexity index is 415. The summed E-state index contributed by atoms with van der Waals surface area (Å²) < 4.78 is 6.05. The number of anilines is 1. The number of thioether (sulfide) groups is 1. The predicted molar refractivity (Wildman–Crippen MR) is 80.3 cm³/mol. The molecule has 0 aliphatic rings. The predicted octanol–water partition coefficient (Wildman–Crippen LogP) is 2.48. The first kappa shape index (κ1) is 15.3. The third kappa shape index (κ3) is 4.51. The molecule has 0 radical (unpaired) electrons. The summed E-state index contributed by atoms with van der Waals surface area (Å²) in [6, 6.07) is 4.92. The Kier molecular flexibility index (Phi) is 6.52. The molecule has 3 N–H and O–H groups in total. The van der Waals surface area contributed by atoms with Crippen LogP contribution >= 0.6 is 27.7 Å². The Morgan fingerprint density at radius 1 is 1.61 bits per heavy atom. The van der Waals surface area contributed by atoms with E-state index in [9.17, 15) is 4.79 Å². The van der Waals surface area contributed by atoms with E-state index in [0.717, 1.165) is 10.2 Å². The van der Waals surface area contributed by atoms with Gasteiger partial charge in [0.1, 0.15) is 5.75 Å². The number of nitrogens with one attached hydrogen (secondary N) is 1. The first-order valence-electron chi connectivity index (χ1n) is 5.47. The number of rotatable bonds is 6. The van der Waals surface area contributed by atoms with Gasteiger partial charge in [-0.2, -0.15) is 11.8 Å². The lowest BCUT2D eigenvalue weighted by molar-refractivity contribution is -0.117. The smallest absolute Gasteiger partial charge is 0.241 e. The lowest BCUT2D eigenvalue weighted by Gasteiger charge is -2.14. The maximum atomic E-state index is 11.9. The maximum Gasteiger partial charge on any atom is 0.241 e. The number of benzene rings is 1. The van der Waals surface area contributed by atoms with Gasteiger partial charge < -0.3 is 15.8 Å². The number of methoxy groups -OCH3 is 1. The van der Waals surface area contributed by atoms with Gasteiger partial charge in [-0.25, -0.2) is 0 Å². The minimum atomic E-state index is -0.499. The van der Waals surface area contributed by atoms with Crippen LogP contribution in [0.1, 0.15) is 6.42 Å². The summed E-state index contributed by atoms with van der Waals surface area (Å²) in [6.45, 7) is 0. The number of hydrogen-bond donors (Lipinski definition) is 2. The quantitative estimate of drug-likeness (QED) is 0.839. The Labute approximate surface area is 120 Å². The highest BCUT2D eigenvalue weighted by atomic mass is 79.9. The fourth-order valence-corrected chi connectivity index (χ4v) is 2.23. The van der Waals surface area contributed by atoms with Gasteiger partial charge in [0.25, 0.3) is 0 Å². The fourth-order valence-electron chi connectivity index (χ4n) is 1.38. The second-order valence-corrected chi connectivity index (χ2v) is 5.62. The zero-order chi connectivity index (χ0) is 13.5. The number of hydrogen-bond acceptors (Lipinski definition) is 4. The van der Waals surface area contributed by atoms with E-state index in [0.29, 0.717) is 17.9 Å². The first-order valence-corrected chi connectivity index (χ1v) is 7.66. The van der Waals surface area contributed by atoms with E-state index in [-0.39, 0.29) is 5.91 Å². The zero-order valence-corrected chi connectivity index (χ0v) is 12.8. The van der Waals surface area contributed by atoms with Crippen LogP contribution in [0.25, 0.3) is 0 Å². The van der Waals surface area contributed by atoms with Crippen LogP contribution < -0.4 is 15.8 Å². The van der Waals surface area contributed by atoms with E-state index in [4.69, 9.17) is 10.5 Å². The number of ether oxygens (including phenoxy) is 1. The molecule has 1 atom stereocenters.